The van der Waals surface area contributed by atoms with Gasteiger partial charge in [-0.1, -0.05) is 59.8 Å². The molecule has 0 bridgehead atoms. The molecule has 106 valence electrons. The third-order valence-electron chi connectivity index (χ3n) is 1.55. The van der Waals surface area contributed by atoms with E-state index in [1.54, 1.807) is 6.92 Å². The maximum atomic E-state index is 9.82. The van der Waals surface area contributed by atoms with Crippen LogP contribution in [0.4, 0.5) is 0 Å². The molecular weight excluding hydrogens is 214 g/mol. The van der Waals surface area contributed by atoms with E-state index >= 15 is 0 Å². The van der Waals surface area contributed by atoms with Crippen molar-refractivity contribution >= 4 is 5.97 Å². The SMILES string of the molecule is CC(C)N.CCCCCCC.CCOC(C)=O. The third-order valence-corrected chi connectivity index (χ3v) is 1.55. The Morgan fingerprint density at radius 3 is 1.53 bits per heavy atom. The minimum absolute atomic E-state index is 0.211. The van der Waals surface area contributed by atoms with Gasteiger partial charge in [0.2, 0.25) is 0 Å². The van der Waals surface area contributed by atoms with E-state index in [0.29, 0.717) is 12.6 Å². The minimum atomic E-state index is -0.211. The Morgan fingerprint density at radius 1 is 1.06 bits per heavy atom. The largest absolute Gasteiger partial charge is 0.466 e. The highest BCUT2D eigenvalue weighted by atomic mass is 16.5. The molecule has 0 radical (unpaired) electrons. The molecule has 3 heteroatoms. The molecule has 2 N–H and O–H groups in total. The normalized spacial score (nSPS) is 8.71. The van der Waals surface area contributed by atoms with Crippen LogP contribution in [0.5, 0.6) is 0 Å². The summed E-state index contributed by atoms with van der Waals surface area (Å²) < 4.78 is 4.40. The van der Waals surface area contributed by atoms with Gasteiger partial charge in [0.25, 0.3) is 0 Å². The van der Waals surface area contributed by atoms with Crippen molar-refractivity contribution in [3.63, 3.8) is 0 Å². The van der Waals surface area contributed by atoms with Gasteiger partial charge < -0.3 is 10.5 Å². The summed E-state index contributed by atoms with van der Waals surface area (Å²) in [7, 11) is 0. The highest BCUT2D eigenvalue weighted by Gasteiger charge is 1.81. The first-order valence-electron chi connectivity index (χ1n) is 6.81. The minimum Gasteiger partial charge on any atom is -0.466 e. The van der Waals surface area contributed by atoms with Crippen molar-refractivity contribution < 1.29 is 9.53 Å². The molecule has 0 atom stereocenters. The number of hydrogen-bond acceptors (Lipinski definition) is 3. The second-order valence-electron chi connectivity index (χ2n) is 4.23. The topological polar surface area (TPSA) is 52.3 Å². The van der Waals surface area contributed by atoms with E-state index in [-0.39, 0.29) is 5.97 Å². The Hall–Kier alpha value is -0.570. The van der Waals surface area contributed by atoms with Crippen LogP contribution in [0.3, 0.4) is 0 Å². The summed E-state index contributed by atoms with van der Waals surface area (Å²) in [5.41, 5.74) is 5.11. The number of ether oxygens (including phenoxy) is 1. The van der Waals surface area contributed by atoms with E-state index in [1.165, 1.54) is 39.0 Å². The van der Waals surface area contributed by atoms with Crippen LogP contribution in [0, 0.1) is 0 Å². The van der Waals surface area contributed by atoms with Gasteiger partial charge in [0.15, 0.2) is 0 Å². The molecule has 0 aliphatic heterocycles. The zero-order chi connectivity index (χ0) is 14.1. The van der Waals surface area contributed by atoms with Gasteiger partial charge in [-0.3, -0.25) is 4.79 Å². The summed E-state index contributed by atoms with van der Waals surface area (Å²) in [6.07, 6.45) is 7.01. The van der Waals surface area contributed by atoms with Crippen LogP contribution in [-0.4, -0.2) is 18.6 Å². The van der Waals surface area contributed by atoms with Crippen LogP contribution in [-0.2, 0) is 9.53 Å². The first kappa shape index (κ1) is 21.7. The lowest BCUT2D eigenvalue weighted by atomic mass is 10.2. The fraction of sp³-hybridized carbons (Fsp3) is 0.929. The molecule has 0 aromatic heterocycles. The number of carbonyl (C=O) groups excluding carboxylic acids is 1. The predicted molar refractivity (Wildman–Crippen MR) is 76.1 cm³/mol. The smallest absolute Gasteiger partial charge is 0.302 e. The Kier molecular flexibility index (Phi) is 26.5. The molecule has 0 aliphatic carbocycles. The maximum Gasteiger partial charge on any atom is 0.302 e. The zero-order valence-corrected chi connectivity index (χ0v) is 12.7. The molecule has 3 nitrogen and oxygen atoms in total. The average Bonchev–Trinajstić information content (AvgIpc) is 2.18. The Balaban J connectivity index is -0.000000180. The highest BCUT2D eigenvalue weighted by Crippen LogP contribution is 2.00. The molecule has 17 heavy (non-hydrogen) atoms. The van der Waals surface area contributed by atoms with Crippen LogP contribution < -0.4 is 5.73 Å². The van der Waals surface area contributed by atoms with E-state index in [4.69, 9.17) is 5.73 Å². The van der Waals surface area contributed by atoms with Crippen molar-refractivity contribution in [2.24, 2.45) is 5.73 Å². The lowest BCUT2D eigenvalue weighted by molar-refractivity contribution is -0.140. The van der Waals surface area contributed by atoms with Crippen molar-refractivity contribution in [2.75, 3.05) is 6.61 Å². The van der Waals surface area contributed by atoms with E-state index < -0.39 is 0 Å². The highest BCUT2D eigenvalue weighted by molar-refractivity contribution is 5.65. The van der Waals surface area contributed by atoms with Crippen molar-refractivity contribution in [1.29, 1.82) is 0 Å². The first-order chi connectivity index (χ1) is 7.92. The number of hydrogen-bond donors (Lipinski definition) is 1. The van der Waals surface area contributed by atoms with E-state index in [1.807, 2.05) is 13.8 Å². The quantitative estimate of drug-likeness (QED) is 0.592. The Labute approximate surface area is 108 Å². The number of esters is 1. The van der Waals surface area contributed by atoms with Crippen molar-refractivity contribution in [1.82, 2.24) is 0 Å². The molecule has 0 unspecified atom stereocenters. The molecule has 0 aromatic carbocycles. The number of nitrogens with two attached hydrogens (primary N) is 1. The van der Waals surface area contributed by atoms with Gasteiger partial charge in [-0.25, -0.2) is 0 Å². The molecule has 0 saturated carbocycles. The molecule has 0 heterocycles. The van der Waals surface area contributed by atoms with Crippen molar-refractivity contribution in [2.45, 2.75) is 79.7 Å². The van der Waals surface area contributed by atoms with Gasteiger partial charge in [0.1, 0.15) is 0 Å². The second-order valence-corrected chi connectivity index (χ2v) is 4.23. The summed E-state index contributed by atoms with van der Waals surface area (Å²) in [6, 6.07) is 0.333. The van der Waals surface area contributed by atoms with Gasteiger partial charge in [-0.15, -0.1) is 0 Å². The number of unbranched alkanes of at least 4 members (excludes halogenated alkanes) is 4. The number of carbonyl (C=O) groups is 1. The Morgan fingerprint density at radius 2 is 1.41 bits per heavy atom. The van der Waals surface area contributed by atoms with Crippen LogP contribution in [0.25, 0.3) is 0 Å². The lowest BCUT2D eigenvalue weighted by Gasteiger charge is -1.90. The third kappa shape index (κ3) is 67.3. The average molecular weight is 247 g/mol. The standard InChI is InChI=1S/C7H16.C4H8O2.C3H9N/c1-3-5-7-6-4-2;1-3-6-4(2)5;1-3(2)4/h3-7H2,1-2H3;3H2,1-2H3;3H,4H2,1-2H3. The van der Waals surface area contributed by atoms with E-state index in [2.05, 4.69) is 18.6 Å². The summed E-state index contributed by atoms with van der Waals surface area (Å²) in [5, 5.41) is 0. The van der Waals surface area contributed by atoms with Gasteiger partial charge in [0.05, 0.1) is 6.61 Å². The first-order valence-corrected chi connectivity index (χ1v) is 6.81. The summed E-state index contributed by atoms with van der Waals surface area (Å²) in [6.45, 7) is 12.0. The lowest BCUT2D eigenvalue weighted by Crippen LogP contribution is -2.06. The number of rotatable bonds is 5. The maximum absolute atomic E-state index is 9.82. The molecule has 0 fully saturated rings. The van der Waals surface area contributed by atoms with Crippen LogP contribution in [0.15, 0.2) is 0 Å². The van der Waals surface area contributed by atoms with Gasteiger partial charge in [-0.2, -0.15) is 0 Å². The van der Waals surface area contributed by atoms with Gasteiger partial charge >= 0.3 is 5.97 Å². The molecular formula is C14H33NO2. The van der Waals surface area contributed by atoms with Crippen LogP contribution in [0.2, 0.25) is 0 Å². The molecule has 0 spiro atoms. The summed E-state index contributed by atoms with van der Waals surface area (Å²) in [5.74, 6) is -0.211. The van der Waals surface area contributed by atoms with Crippen LogP contribution >= 0.6 is 0 Å². The van der Waals surface area contributed by atoms with Gasteiger partial charge in [-0.05, 0) is 13.0 Å². The Bertz CT molecular complexity index is 129. The van der Waals surface area contributed by atoms with E-state index in [9.17, 15) is 4.79 Å². The molecule has 0 aromatic rings. The fourth-order valence-electron chi connectivity index (χ4n) is 0.880. The predicted octanol–water partition coefficient (Wildman–Crippen LogP) is 3.90. The zero-order valence-electron chi connectivity index (χ0n) is 12.7. The van der Waals surface area contributed by atoms with Gasteiger partial charge in [0, 0.05) is 6.92 Å². The molecule has 0 amide bonds. The fourth-order valence-corrected chi connectivity index (χ4v) is 0.880. The van der Waals surface area contributed by atoms with Crippen molar-refractivity contribution in [3.05, 3.63) is 0 Å². The summed E-state index contributed by atoms with van der Waals surface area (Å²) >= 11 is 0. The van der Waals surface area contributed by atoms with E-state index in [0.717, 1.165) is 0 Å². The molecule has 0 rings (SSSR count). The molecule has 0 saturated heterocycles. The monoisotopic (exact) mass is 247 g/mol. The van der Waals surface area contributed by atoms with Crippen molar-refractivity contribution in [3.8, 4) is 0 Å². The second kappa shape index (κ2) is 20.8. The van der Waals surface area contributed by atoms with Crippen LogP contribution in [0.1, 0.15) is 73.6 Å². The molecule has 0 aliphatic rings. The summed E-state index contributed by atoms with van der Waals surface area (Å²) in [4.78, 5) is 9.82.